The number of aryl methyl sites for hydroxylation is 1. The number of aromatic hydroxyl groups is 1. The zero-order valence-electron chi connectivity index (χ0n) is 14.5. The minimum absolute atomic E-state index is 0.232. The number of nitrogens with zero attached hydrogens (tertiary/aromatic N) is 1. The number of benzene rings is 2. The van der Waals surface area contributed by atoms with E-state index in [0.717, 1.165) is 25.9 Å². The van der Waals surface area contributed by atoms with Gasteiger partial charge in [-0.3, -0.25) is 0 Å². The van der Waals surface area contributed by atoms with Crippen molar-refractivity contribution in [3.05, 3.63) is 65.2 Å². The fourth-order valence-corrected chi connectivity index (χ4v) is 4.74. The molecule has 0 aromatic heterocycles. The van der Waals surface area contributed by atoms with Gasteiger partial charge in [0.2, 0.25) is 0 Å². The molecule has 0 amide bonds. The first-order chi connectivity index (χ1) is 11.6. The molecule has 1 heterocycles. The molecular formula is C22H27NO. The second-order valence-electron chi connectivity index (χ2n) is 7.78. The lowest BCUT2D eigenvalue weighted by Gasteiger charge is -2.50. The molecule has 0 radical (unpaired) electrons. The third-order valence-electron chi connectivity index (χ3n) is 6.36. The van der Waals surface area contributed by atoms with Crippen LogP contribution < -0.4 is 0 Å². The molecule has 1 aliphatic carbocycles. The van der Waals surface area contributed by atoms with Gasteiger partial charge >= 0.3 is 0 Å². The van der Waals surface area contributed by atoms with Crippen molar-refractivity contribution in [1.82, 2.24) is 4.90 Å². The maximum Gasteiger partial charge on any atom is 0.115 e. The van der Waals surface area contributed by atoms with E-state index in [1.54, 1.807) is 0 Å². The van der Waals surface area contributed by atoms with E-state index in [0.29, 0.717) is 11.7 Å². The number of likely N-dealkylation sites (tertiary alicyclic amines) is 1. The number of hydrogen-bond donors (Lipinski definition) is 1. The smallest absolute Gasteiger partial charge is 0.115 e. The van der Waals surface area contributed by atoms with E-state index < -0.39 is 0 Å². The van der Waals surface area contributed by atoms with Crippen LogP contribution in [0.3, 0.4) is 0 Å². The first kappa shape index (κ1) is 15.7. The minimum Gasteiger partial charge on any atom is -0.508 e. The van der Waals surface area contributed by atoms with Crippen molar-refractivity contribution in [3.63, 3.8) is 0 Å². The minimum atomic E-state index is 0.232. The Balaban J connectivity index is 1.47. The van der Waals surface area contributed by atoms with Crippen LogP contribution in [0.1, 0.15) is 36.5 Å². The molecule has 1 aliphatic heterocycles. The van der Waals surface area contributed by atoms with Crippen molar-refractivity contribution in [3.8, 4) is 5.75 Å². The van der Waals surface area contributed by atoms with E-state index in [2.05, 4.69) is 48.2 Å². The second kappa shape index (κ2) is 6.25. The predicted molar refractivity (Wildman–Crippen MR) is 98.5 cm³/mol. The van der Waals surface area contributed by atoms with Gasteiger partial charge in [-0.1, -0.05) is 43.3 Å². The van der Waals surface area contributed by atoms with E-state index in [4.69, 9.17) is 0 Å². The van der Waals surface area contributed by atoms with Gasteiger partial charge < -0.3 is 10.0 Å². The SMILES string of the molecule is C[C@@]12CCN(CCc3ccccc3)C[C@@H]1CCc1ccc(O)cc12. The molecule has 1 saturated heterocycles. The Morgan fingerprint density at radius 1 is 1.17 bits per heavy atom. The van der Waals surface area contributed by atoms with Crippen LogP contribution in [0.15, 0.2) is 48.5 Å². The summed E-state index contributed by atoms with van der Waals surface area (Å²) in [5.41, 5.74) is 4.52. The van der Waals surface area contributed by atoms with Crippen molar-refractivity contribution >= 4 is 0 Å². The van der Waals surface area contributed by atoms with E-state index in [1.165, 1.54) is 36.1 Å². The summed E-state index contributed by atoms with van der Waals surface area (Å²) < 4.78 is 0. The van der Waals surface area contributed by atoms with Crippen molar-refractivity contribution in [2.45, 2.75) is 38.0 Å². The highest BCUT2D eigenvalue weighted by Gasteiger charge is 2.43. The molecule has 1 fully saturated rings. The van der Waals surface area contributed by atoms with Gasteiger partial charge in [0.1, 0.15) is 5.75 Å². The van der Waals surface area contributed by atoms with Gasteiger partial charge in [-0.2, -0.15) is 0 Å². The van der Waals surface area contributed by atoms with Crippen LogP contribution >= 0.6 is 0 Å². The summed E-state index contributed by atoms with van der Waals surface area (Å²) >= 11 is 0. The normalized spacial score (nSPS) is 26.6. The van der Waals surface area contributed by atoms with Crippen LogP contribution in [0, 0.1) is 5.92 Å². The molecule has 126 valence electrons. The number of phenolic OH excluding ortho intramolecular Hbond substituents is 1. The standard InChI is InChI=1S/C22H27NO/c1-22-12-14-23(13-11-17-5-3-2-4-6-17)16-19(22)9-7-18-8-10-20(24)15-21(18)22/h2-6,8,10,15,19,24H,7,9,11-14,16H2,1H3/t19-,22+/m0/s1. The topological polar surface area (TPSA) is 23.5 Å². The van der Waals surface area contributed by atoms with Crippen LogP contribution in [-0.4, -0.2) is 29.6 Å². The molecule has 24 heavy (non-hydrogen) atoms. The molecule has 0 spiro atoms. The van der Waals surface area contributed by atoms with E-state index >= 15 is 0 Å². The largest absolute Gasteiger partial charge is 0.508 e. The lowest BCUT2D eigenvalue weighted by Crippen LogP contribution is -2.50. The summed E-state index contributed by atoms with van der Waals surface area (Å²) in [6.07, 6.45) is 4.77. The lowest BCUT2D eigenvalue weighted by molar-refractivity contribution is 0.0880. The summed E-state index contributed by atoms with van der Waals surface area (Å²) in [4.78, 5) is 2.65. The maximum atomic E-state index is 9.94. The Kier molecular flexibility index (Phi) is 4.09. The average molecular weight is 321 g/mol. The highest BCUT2D eigenvalue weighted by Crippen LogP contribution is 2.47. The van der Waals surface area contributed by atoms with Crippen LogP contribution in [-0.2, 0) is 18.3 Å². The average Bonchev–Trinajstić information content (AvgIpc) is 2.61. The number of rotatable bonds is 3. The predicted octanol–water partition coefficient (Wildman–Crippen LogP) is 4.16. The van der Waals surface area contributed by atoms with Crippen LogP contribution in [0.5, 0.6) is 5.75 Å². The molecule has 2 aromatic carbocycles. The second-order valence-corrected chi connectivity index (χ2v) is 7.78. The van der Waals surface area contributed by atoms with Crippen LogP contribution in [0.25, 0.3) is 0 Å². The molecule has 4 rings (SSSR count). The maximum absolute atomic E-state index is 9.94. The third-order valence-corrected chi connectivity index (χ3v) is 6.36. The van der Waals surface area contributed by atoms with Crippen molar-refractivity contribution in [2.24, 2.45) is 5.92 Å². The summed E-state index contributed by atoms with van der Waals surface area (Å²) in [5.74, 6) is 1.12. The first-order valence-corrected chi connectivity index (χ1v) is 9.24. The van der Waals surface area contributed by atoms with Gasteiger partial charge in [-0.05, 0) is 72.4 Å². The molecule has 0 bridgehead atoms. The zero-order valence-corrected chi connectivity index (χ0v) is 14.5. The van der Waals surface area contributed by atoms with Crippen molar-refractivity contribution < 1.29 is 5.11 Å². The molecule has 1 N–H and O–H groups in total. The highest BCUT2D eigenvalue weighted by atomic mass is 16.3. The Morgan fingerprint density at radius 3 is 2.83 bits per heavy atom. The molecule has 2 heteroatoms. The summed E-state index contributed by atoms with van der Waals surface area (Å²) in [5, 5.41) is 9.94. The monoisotopic (exact) mass is 321 g/mol. The number of phenols is 1. The van der Waals surface area contributed by atoms with Gasteiger partial charge in [0.15, 0.2) is 0 Å². The fourth-order valence-electron chi connectivity index (χ4n) is 4.74. The molecule has 2 aliphatic rings. The fraction of sp³-hybridized carbons (Fsp3) is 0.455. The highest BCUT2D eigenvalue weighted by molar-refractivity contribution is 5.42. The van der Waals surface area contributed by atoms with Crippen molar-refractivity contribution in [2.75, 3.05) is 19.6 Å². The van der Waals surface area contributed by atoms with Gasteiger partial charge in [-0.15, -0.1) is 0 Å². The summed E-state index contributed by atoms with van der Waals surface area (Å²) in [6, 6.07) is 16.8. The Morgan fingerprint density at radius 2 is 2.00 bits per heavy atom. The van der Waals surface area contributed by atoms with E-state index in [9.17, 15) is 5.11 Å². The van der Waals surface area contributed by atoms with Gasteiger partial charge in [0.05, 0.1) is 0 Å². The van der Waals surface area contributed by atoms with Crippen LogP contribution in [0.2, 0.25) is 0 Å². The molecule has 0 saturated carbocycles. The van der Waals surface area contributed by atoms with Gasteiger partial charge in [0.25, 0.3) is 0 Å². The molecule has 2 nitrogen and oxygen atoms in total. The summed E-state index contributed by atoms with van der Waals surface area (Å²) in [6.45, 7) is 5.93. The quantitative estimate of drug-likeness (QED) is 0.917. The van der Waals surface area contributed by atoms with Crippen molar-refractivity contribution in [1.29, 1.82) is 0 Å². The Hall–Kier alpha value is -1.80. The molecule has 2 aromatic rings. The molecule has 2 atom stereocenters. The van der Waals surface area contributed by atoms with Crippen LogP contribution in [0.4, 0.5) is 0 Å². The third kappa shape index (κ3) is 2.84. The first-order valence-electron chi connectivity index (χ1n) is 9.24. The summed E-state index contributed by atoms with van der Waals surface area (Å²) in [7, 11) is 0. The molecule has 0 unspecified atom stereocenters. The van der Waals surface area contributed by atoms with Gasteiger partial charge in [0, 0.05) is 13.1 Å². The van der Waals surface area contributed by atoms with E-state index in [-0.39, 0.29) is 5.41 Å². The van der Waals surface area contributed by atoms with E-state index in [1.807, 2.05) is 12.1 Å². The Bertz CT molecular complexity index is 711. The number of piperidine rings is 1. The lowest BCUT2D eigenvalue weighted by atomic mass is 9.61. The number of fused-ring (bicyclic) bond motifs is 3. The zero-order chi connectivity index (χ0) is 16.6. The molecular weight excluding hydrogens is 294 g/mol. The number of hydrogen-bond acceptors (Lipinski definition) is 2. The Labute approximate surface area is 145 Å². The van der Waals surface area contributed by atoms with Gasteiger partial charge in [-0.25, -0.2) is 0 Å².